The van der Waals surface area contributed by atoms with Gasteiger partial charge in [-0.05, 0) is 70.6 Å². The fourth-order valence-corrected chi connectivity index (χ4v) is 10.8. The Bertz CT molecular complexity index is 1190. The molecule has 6 heteroatoms. The summed E-state index contributed by atoms with van der Waals surface area (Å²) in [5.74, 6) is -0.588. The summed E-state index contributed by atoms with van der Waals surface area (Å²) in [6.07, 6.45) is 81.2. The van der Waals surface area contributed by atoms with Gasteiger partial charge in [0.25, 0.3) is 0 Å². The van der Waals surface area contributed by atoms with Crippen LogP contribution >= 0.6 is 0 Å². The predicted octanol–water partition coefficient (Wildman–Crippen LogP) is 20.7. The summed E-state index contributed by atoms with van der Waals surface area (Å²) in [7, 11) is 0. The Kier molecular flexibility index (Phi) is 62.1. The molecule has 0 heterocycles. The van der Waals surface area contributed by atoms with E-state index in [1.54, 1.807) is 0 Å². The van der Waals surface area contributed by atoms with Crippen LogP contribution in [0.4, 0.5) is 0 Å². The van der Waals surface area contributed by atoms with E-state index in [1.165, 1.54) is 295 Å². The van der Waals surface area contributed by atoms with Crippen LogP contribution in [0.2, 0.25) is 0 Å². The van der Waals surface area contributed by atoms with E-state index in [1.807, 2.05) is 0 Å². The van der Waals surface area contributed by atoms with Gasteiger partial charge in [0.1, 0.15) is 12.2 Å². The first-order valence-corrected chi connectivity index (χ1v) is 33.9. The Labute approximate surface area is 468 Å². The van der Waals surface area contributed by atoms with Gasteiger partial charge in [-0.25, -0.2) is 0 Å². The third kappa shape index (κ3) is 57.0. The van der Waals surface area contributed by atoms with Crippen LogP contribution in [0.1, 0.15) is 367 Å². The SMILES string of the molecule is CCCCCCCCCCC/C=C\C/C=C\CCCCCCCCCCCCCCCCCCC(O)C(=O)NC(CO)C(O)C(O)CCC/C=C/CCCCCCCCCCCCCCCCCCCCCCCC. The summed E-state index contributed by atoms with van der Waals surface area (Å²) in [4.78, 5) is 12.7. The van der Waals surface area contributed by atoms with Crippen LogP contribution in [0.3, 0.4) is 0 Å². The number of hydrogen-bond acceptors (Lipinski definition) is 5. The van der Waals surface area contributed by atoms with E-state index in [4.69, 9.17) is 0 Å². The average molecular weight is 1060 g/mol. The van der Waals surface area contributed by atoms with Gasteiger partial charge in [-0.3, -0.25) is 4.79 Å². The number of allylic oxidation sites excluding steroid dienone is 6. The minimum absolute atomic E-state index is 0.365. The number of hydrogen-bond donors (Lipinski definition) is 5. The molecular weight excluding hydrogens is 923 g/mol. The van der Waals surface area contributed by atoms with Gasteiger partial charge in [0.15, 0.2) is 0 Å². The maximum Gasteiger partial charge on any atom is 0.249 e. The number of carbonyl (C=O) groups excluding carboxylic acids is 1. The third-order valence-corrected chi connectivity index (χ3v) is 16.1. The second-order valence-corrected chi connectivity index (χ2v) is 23.5. The summed E-state index contributed by atoms with van der Waals surface area (Å²) in [6, 6.07) is -1.00. The number of carbonyl (C=O) groups is 1. The number of nitrogens with one attached hydrogen (secondary N) is 1. The molecule has 0 aliphatic rings. The standard InChI is InChI=1S/C69H133NO5/c1-3-5-7-9-11-13-15-17-19-21-23-25-27-29-31-32-33-34-35-37-39-41-43-45-47-49-51-53-55-57-59-61-63-67(73)69(75)70-65(64-71)68(74)66(72)62-60-58-56-54-52-50-48-46-44-42-40-38-36-30-28-26-24-22-20-18-16-14-12-10-8-6-4-2/h23,25,29,31,54,56,65-68,71-74H,3-22,24,26-28,30,32-53,55,57-64H2,1-2H3,(H,70,75)/b25-23-,31-29-,56-54+. The molecule has 0 spiro atoms. The highest BCUT2D eigenvalue weighted by atomic mass is 16.3. The highest BCUT2D eigenvalue weighted by molar-refractivity contribution is 5.80. The molecule has 1 amide bonds. The van der Waals surface area contributed by atoms with Crippen molar-refractivity contribution in [2.24, 2.45) is 0 Å². The molecule has 4 unspecified atom stereocenters. The van der Waals surface area contributed by atoms with Crippen LogP contribution in [0.25, 0.3) is 0 Å². The van der Waals surface area contributed by atoms with Crippen molar-refractivity contribution < 1.29 is 25.2 Å². The second kappa shape index (κ2) is 63.4. The molecule has 0 radical (unpaired) electrons. The van der Waals surface area contributed by atoms with Crippen molar-refractivity contribution in [1.29, 1.82) is 0 Å². The van der Waals surface area contributed by atoms with Gasteiger partial charge in [0.2, 0.25) is 5.91 Å². The van der Waals surface area contributed by atoms with E-state index in [0.29, 0.717) is 12.8 Å². The van der Waals surface area contributed by atoms with Crippen LogP contribution in [0, 0.1) is 0 Å². The molecule has 4 atom stereocenters. The first-order chi connectivity index (χ1) is 37.0. The van der Waals surface area contributed by atoms with Crippen molar-refractivity contribution in [2.45, 2.75) is 391 Å². The number of aliphatic hydroxyl groups excluding tert-OH is 4. The van der Waals surface area contributed by atoms with E-state index in [9.17, 15) is 25.2 Å². The van der Waals surface area contributed by atoms with Crippen molar-refractivity contribution >= 4 is 5.91 Å². The summed E-state index contributed by atoms with van der Waals surface area (Å²) in [6.45, 7) is 4.09. The molecule has 0 aromatic rings. The van der Waals surface area contributed by atoms with Gasteiger partial charge in [-0.2, -0.15) is 0 Å². The van der Waals surface area contributed by atoms with Crippen molar-refractivity contribution in [1.82, 2.24) is 5.32 Å². The Morgan fingerprint density at radius 3 is 0.880 bits per heavy atom. The van der Waals surface area contributed by atoms with Crippen LogP contribution in [0.15, 0.2) is 36.5 Å². The van der Waals surface area contributed by atoms with Crippen LogP contribution in [-0.4, -0.2) is 57.3 Å². The number of amides is 1. The smallest absolute Gasteiger partial charge is 0.249 e. The average Bonchev–Trinajstić information content (AvgIpc) is 3.42. The van der Waals surface area contributed by atoms with Crippen molar-refractivity contribution in [3.63, 3.8) is 0 Å². The van der Waals surface area contributed by atoms with Crippen molar-refractivity contribution in [2.75, 3.05) is 6.61 Å². The van der Waals surface area contributed by atoms with E-state index in [2.05, 4.69) is 55.6 Å². The molecule has 0 saturated heterocycles. The molecule has 5 N–H and O–H groups in total. The molecule has 0 aliphatic heterocycles. The van der Waals surface area contributed by atoms with Crippen LogP contribution in [-0.2, 0) is 4.79 Å². The fourth-order valence-electron chi connectivity index (χ4n) is 10.8. The highest BCUT2D eigenvalue weighted by Gasteiger charge is 2.28. The Hall–Kier alpha value is -1.47. The molecular formula is C69H133NO5. The summed E-state index contributed by atoms with van der Waals surface area (Å²) in [5.41, 5.74) is 0. The molecule has 0 aliphatic carbocycles. The van der Waals surface area contributed by atoms with Crippen molar-refractivity contribution in [3.05, 3.63) is 36.5 Å². The van der Waals surface area contributed by atoms with Gasteiger partial charge in [-0.1, -0.05) is 333 Å². The van der Waals surface area contributed by atoms with Crippen molar-refractivity contribution in [3.8, 4) is 0 Å². The maximum atomic E-state index is 12.7. The Balaban J connectivity index is 3.58. The van der Waals surface area contributed by atoms with Crippen LogP contribution in [0.5, 0.6) is 0 Å². The van der Waals surface area contributed by atoms with Gasteiger partial charge in [-0.15, -0.1) is 0 Å². The first-order valence-electron chi connectivity index (χ1n) is 33.9. The lowest BCUT2D eigenvalue weighted by Gasteiger charge is -2.27. The highest BCUT2D eigenvalue weighted by Crippen LogP contribution is 2.19. The molecule has 0 fully saturated rings. The van der Waals surface area contributed by atoms with Gasteiger partial charge in [0, 0.05) is 0 Å². The van der Waals surface area contributed by atoms with Gasteiger partial charge in [0.05, 0.1) is 18.8 Å². The molecule has 0 rings (SSSR count). The molecule has 444 valence electrons. The molecule has 0 bridgehead atoms. The Morgan fingerprint density at radius 2 is 0.587 bits per heavy atom. The molecule has 0 saturated carbocycles. The van der Waals surface area contributed by atoms with E-state index in [0.717, 1.165) is 44.9 Å². The second-order valence-electron chi connectivity index (χ2n) is 23.5. The van der Waals surface area contributed by atoms with E-state index < -0.39 is 36.9 Å². The number of unbranched alkanes of at least 4 members (excludes halogenated alkanes) is 48. The summed E-state index contributed by atoms with van der Waals surface area (Å²) >= 11 is 0. The lowest BCUT2D eigenvalue weighted by molar-refractivity contribution is -0.132. The largest absolute Gasteiger partial charge is 0.394 e. The Morgan fingerprint density at radius 1 is 0.333 bits per heavy atom. The zero-order valence-electron chi connectivity index (χ0n) is 50.6. The minimum atomic E-state index is -1.28. The topological polar surface area (TPSA) is 110 Å². The fraction of sp³-hybridized carbons (Fsp3) is 0.899. The van der Waals surface area contributed by atoms with E-state index >= 15 is 0 Å². The molecule has 0 aromatic heterocycles. The molecule has 6 nitrogen and oxygen atoms in total. The third-order valence-electron chi connectivity index (χ3n) is 16.1. The maximum absolute atomic E-state index is 12.7. The zero-order chi connectivity index (χ0) is 54.4. The monoisotopic (exact) mass is 1060 g/mol. The normalized spacial score (nSPS) is 13.7. The first kappa shape index (κ1) is 73.5. The van der Waals surface area contributed by atoms with Crippen LogP contribution < -0.4 is 5.32 Å². The zero-order valence-corrected chi connectivity index (χ0v) is 50.6. The predicted molar refractivity (Wildman–Crippen MR) is 330 cm³/mol. The van der Waals surface area contributed by atoms with Gasteiger partial charge < -0.3 is 25.7 Å². The summed E-state index contributed by atoms with van der Waals surface area (Å²) < 4.78 is 0. The van der Waals surface area contributed by atoms with Gasteiger partial charge >= 0.3 is 0 Å². The quantitative estimate of drug-likeness (QED) is 0.0308. The molecule has 0 aromatic carbocycles. The lowest BCUT2D eigenvalue weighted by Crippen LogP contribution is -2.53. The van der Waals surface area contributed by atoms with E-state index in [-0.39, 0.29) is 0 Å². The summed E-state index contributed by atoms with van der Waals surface area (Å²) in [5, 5.41) is 44.2. The number of aliphatic hydroxyl groups is 4. The minimum Gasteiger partial charge on any atom is -0.394 e. The molecule has 75 heavy (non-hydrogen) atoms. The number of rotatable bonds is 63. The lowest BCUT2D eigenvalue weighted by atomic mass is 10.00.